The third kappa shape index (κ3) is 9.04. The van der Waals surface area contributed by atoms with Crippen LogP contribution in [0.2, 0.25) is 10.6 Å². The number of hydrogen-bond acceptors (Lipinski definition) is 0. The first-order valence-electron chi connectivity index (χ1n) is 2.39. The Labute approximate surface area is 86.8 Å². The topological polar surface area (TPSA) is 0 Å². The molecule has 0 amide bonds. The molecule has 0 aromatic carbocycles. The monoisotopic (exact) mass is 248 g/mol. The summed E-state index contributed by atoms with van der Waals surface area (Å²) in [6.45, 7) is 0. The van der Waals surface area contributed by atoms with Crippen molar-refractivity contribution in [3.05, 3.63) is 0 Å². The summed E-state index contributed by atoms with van der Waals surface area (Å²) in [4.78, 5) is 0. The Balaban J connectivity index is 2.45. The van der Waals surface area contributed by atoms with Crippen LogP contribution < -0.4 is 0 Å². The molecule has 0 N–H and O–H groups in total. The van der Waals surface area contributed by atoms with Crippen molar-refractivity contribution in [1.29, 1.82) is 0 Å². The van der Waals surface area contributed by atoms with Gasteiger partial charge in [0, 0.05) is 0 Å². The molecule has 0 aromatic rings. The molecule has 0 aliphatic carbocycles. The Morgan fingerprint density at radius 1 is 1.00 bits per heavy atom. The van der Waals surface area contributed by atoms with Gasteiger partial charge in [0.15, 0.2) is 0 Å². The molecular weight excluding hydrogens is 240 g/mol. The van der Waals surface area contributed by atoms with E-state index in [0.717, 1.165) is 21.0 Å². The van der Waals surface area contributed by atoms with Gasteiger partial charge in [-0.05, 0) is 0 Å². The van der Waals surface area contributed by atoms with E-state index in [0.29, 0.717) is 0 Å². The van der Waals surface area contributed by atoms with Crippen LogP contribution in [-0.4, -0.2) is 71.8 Å². The van der Waals surface area contributed by atoms with E-state index in [1.165, 1.54) is 50.8 Å². The summed E-state index contributed by atoms with van der Waals surface area (Å²) in [6.07, 6.45) is 1.56. The van der Waals surface area contributed by atoms with E-state index in [-0.39, 0.29) is 0 Å². The van der Waals surface area contributed by atoms with Crippen LogP contribution in [-0.2, 0) is 0 Å². The van der Waals surface area contributed by atoms with Gasteiger partial charge in [-0.1, -0.05) is 0 Å². The second-order valence-electron chi connectivity index (χ2n) is 1.34. The molecule has 0 spiro atoms. The standard InChI is InChI=1S/C3H8Se2.2Na/c4-2-1-3-5;;/h4-5H,1-3H2;;/q;2*+1/p-2. The third-order valence-electron chi connectivity index (χ3n) is 0.697. The van der Waals surface area contributed by atoms with Crippen LogP contribution in [0.4, 0.5) is 0 Å². The van der Waals surface area contributed by atoms with Crippen LogP contribution in [0, 0.1) is 0 Å². The Morgan fingerprint density at radius 2 is 1.43 bits per heavy atom. The molecule has 0 heterocycles. The summed E-state index contributed by atoms with van der Waals surface area (Å²) in [5.74, 6) is 0. The molecule has 0 bridgehead atoms. The average Bonchev–Trinajstić information content (AvgIpc) is 1.69. The molecular formula is C3H6Na2Se2. The fourth-order valence-electron chi connectivity index (χ4n) is 0.348. The van der Waals surface area contributed by atoms with Crippen LogP contribution in [0.3, 0.4) is 0 Å². The van der Waals surface area contributed by atoms with Gasteiger partial charge in [0.2, 0.25) is 0 Å². The normalized spacial score (nSPS) is 9.71. The van der Waals surface area contributed by atoms with Gasteiger partial charge < -0.3 is 0 Å². The summed E-state index contributed by atoms with van der Waals surface area (Å²) in [5, 5.41) is 3.17. The maximum absolute atomic E-state index is 1.59. The SMILES string of the molecule is [Na][Se]CCC[Se][Na]. The molecule has 4 heteroatoms. The number of hydrogen-bond donors (Lipinski definition) is 0. The van der Waals surface area contributed by atoms with Gasteiger partial charge in [-0.3, -0.25) is 0 Å². The average molecular weight is 246 g/mol. The van der Waals surface area contributed by atoms with Crippen molar-refractivity contribution in [2.45, 2.75) is 17.1 Å². The van der Waals surface area contributed by atoms with Crippen molar-refractivity contribution in [1.82, 2.24) is 0 Å². The van der Waals surface area contributed by atoms with Crippen molar-refractivity contribution >= 4 is 71.8 Å². The molecule has 0 rings (SSSR count). The molecule has 32 valence electrons. The molecule has 0 aliphatic rings. The summed E-state index contributed by atoms with van der Waals surface area (Å²) >= 11 is 2.97. The summed E-state index contributed by atoms with van der Waals surface area (Å²) < 4.78 is 0. The van der Waals surface area contributed by atoms with Crippen LogP contribution >= 0.6 is 0 Å². The van der Waals surface area contributed by atoms with Crippen molar-refractivity contribution in [2.24, 2.45) is 0 Å². The zero-order valence-electron chi connectivity index (χ0n) is 4.94. The van der Waals surface area contributed by atoms with Crippen molar-refractivity contribution in [3.8, 4) is 0 Å². The molecule has 0 fully saturated rings. The van der Waals surface area contributed by atoms with Gasteiger partial charge in [0.1, 0.15) is 0 Å². The van der Waals surface area contributed by atoms with E-state index in [2.05, 4.69) is 0 Å². The Kier molecular flexibility index (Phi) is 13.0. The Bertz CT molecular complexity index is 30.1. The third-order valence-corrected chi connectivity index (χ3v) is 7.86. The van der Waals surface area contributed by atoms with E-state index in [4.69, 9.17) is 0 Å². The van der Waals surface area contributed by atoms with E-state index < -0.39 is 0 Å². The first-order chi connectivity index (χ1) is 3.41. The summed E-state index contributed by atoms with van der Waals surface area (Å²) in [5.41, 5.74) is 0. The van der Waals surface area contributed by atoms with E-state index in [1.54, 1.807) is 17.1 Å². The van der Waals surface area contributed by atoms with E-state index in [1.807, 2.05) is 0 Å². The first kappa shape index (κ1) is 10.0. The zero-order valence-corrected chi connectivity index (χ0v) is 12.4. The van der Waals surface area contributed by atoms with E-state index in [9.17, 15) is 0 Å². The zero-order chi connectivity index (χ0) is 5.54. The molecule has 0 aromatic heterocycles. The first-order valence-corrected chi connectivity index (χ1v) is 16.7. The molecule has 0 saturated heterocycles. The fraction of sp³-hybridized carbons (Fsp3) is 1.00. The van der Waals surface area contributed by atoms with Gasteiger partial charge in [-0.25, -0.2) is 0 Å². The summed E-state index contributed by atoms with van der Waals surface area (Å²) in [6, 6.07) is 0. The van der Waals surface area contributed by atoms with Crippen molar-refractivity contribution in [3.63, 3.8) is 0 Å². The maximum atomic E-state index is 1.59. The second kappa shape index (κ2) is 9.04. The molecule has 7 heavy (non-hydrogen) atoms. The minimum absolute atomic E-state index is 1.09. The molecule has 0 nitrogen and oxygen atoms in total. The van der Waals surface area contributed by atoms with Crippen molar-refractivity contribution in [2.75, 3.05) is 0 Å². The van der Waals surface area contributed by atoms with Gasteiger partial charge in [-0.2, -0.15) is 0 Å². The predicted octanol–water partition coefficient (Wildman–Crippen LogP) is -0.212. The van der Waals surface area contributed by atoms with Crippen LogP contribution in [0.25, 0.3) is 0 Å². The van der Waals surface area contributed by atoms with Crippen molar-refractivity contribution < 1.29 is 0 Å². The fourth-order valence-corrected chi connectivity index (χ4v) is 6.09. The van der Waals surface area contributed by atoms with Crippen LogP contribution in [0.1, 0.15) is 6.42 Å². The van der Waals surface area contributed by atoms with Gasteiger partial charge in [0.05, 0.1) is 0 Å². The Morgan fingerprint density at radius 3 is 1.71 bits per heavy atom. The van der Waals surface area contributed by atoms with E-state index >= 15 is 0 Å². The quantitative estimate of drug-likeness (QED) is 0.475. The molecule has 0 saturated carbocycles. The minimum atomic E-state index is 1.09. The summed E-state index contributed by atoms with van der Waals surface area (Å²) in [7, 11) is 2.18. The van der Waals surface area contributed by atoms with Gasteiger partial charge in [-0.15, -0.1) is 0 Å². The molecule has 0 radical (unpaired) electrons. The molecule has 0 unspecified atom stereocenters. The molecule has 0 atom stereocenters. The second-order valence-corrected chi connectivity index (χ2v) is 11.5. The van der Waals surface area contributed by atoms with Crippen LogP contribution in [0.15, 0.2) is 0 Å². The van der Waals surface area contributed by atoms with Crippen LogP contribution in [0.5, 0.6) is 0 Å². The van der Waals surface area contributed by atoms with Gasteiger partial charge >= 0.3 is 88.8 Å². The molecule has 0 aliphatic heterocycles. The predicted molar refractivity (Wildman–Crippen MR) is 37.2 cm³/mol. The Hall–Kier alpha value is 3.04. The van der Waals surface area contributed by atoms with Gasteiger partial charge in [0.25, 0.3) is 0 Å². The number of rotatable bonds is 4.